The zero-order valence-corrected chi connectivity index (χ0v) is 23.0. The normalized spacial score (nSPS) is 17.3. The zero-order chi connectivity index (χ0) is 27.4. The van der Waals surface area contributed by atoms with Crippen molar-refractivity contribution < 1.29 is 14.7 Å². The molecule has 38 heavy (non-hydrogen) atoms. The van der Waals surface area contributed by atoms with E-state index < -0.39 is 18.4 Å². The molecule has 1 aromatic carbocycles. The van der Waals surface area contributed by atoms with Gasteiger partial charge in [-0.05, 0) is 30.5 Å². The number of rotatable bonds is 8. The maximum absolute atomic E-state index is 13.4. The Morgan fingerprint density at radius 2 is 1.87 bits per heavy atom. The number of carboxylic acids is 1. The summed E-state index contributed by atoms with van der Waals surface area (Å²) in [4.78, 5) is 43.5. The number of nitriles is 1. The van der Waals surface area contributed by atoms with E-state index in [1.807, 2.05) is 25.1 Å². The molecule has 1 amide bonds. The van der Waals surface area contributed by atoms with Crippen LogP contribution in [0, 0.1) is 18.3 Å². The van der Waals surface area contributed by atoms with Gasteiger partial charge in [-0.2, -0.15) is 5.26 Å². The second-order valence-corrected chi connectivity index (χ2v) is 10.9. The van der Waals surface area contributed by atoms with Crippen LogP contribution in [0.2, 0.25) is 0 Å². The van der Waals surface area contributed by atoms with Crippen molar-refractivity contribution >= 4 is 52.1 Å². The summed E-state index contributed by atoms with van der Waals surface area (Å²) in [5.41, 5.74) is 2.04. The van der Waals surface area contributed by atoms with Gasteiger partial charge in [0.1, 0.15) is 28.3 Å². The second kappa shape index (κ2) is 11.9. The van der Waals surface area contributed by atoms with Crippen LogP contribution < -0.4 is 10.5 Å². The minimum Gasteiger partial charge on any atom is -0.480 e. The summed E-state index contributed by atoms with van der Waals surface area (Å²) in [7, 11) is 0. The van der Waals surface area contributed by atoms with Crippen molar-refractivity contribution in [3.8, 4) is 6.07 Å². The van der Waals surface area contributed by atoms with Crippen LogP contribution in [-0.4, -0.2) is 68.4 Å². The van der Waals surface area contributed by atoms with Crippen LogP contribution in [0.25, 0.3) is 6.08 Å². The Morgan fingerprint density at radius 1 is 1.18 bits per heavy atom. The van der Waals surface area contributed by atoms with Gasteiger partial charge in [0.05, 0.1) is 4.91 Å². The van der Waals surface area contributed by atoms with Gasteiger partial charge in [-0.3, -0.25) is 28.8 Å². The Bertz CT molecular complexity index is 1390. The number of aromatic nitrogens is 1. The van der Waals surface area contributed by atoms with Gasteiger partial charge in [-0.25, -0.2) is 0 Å². The fraction of sp³-hybridized carbons (Fsp3) is 0.370. The number of thiocarbonyl (C=S) groups is 1. The third kappa shape index (κ3) is 5.67. The lowest BCUT2D eigenvalue weighted by molar-refractivity contribution is -0.140. The topological polar surface area (TPSA) is 110 Å². The first kappa shape index (κ1) is 27.6. The number of benzene rings is 1. The average Bonchev–Trinajstić information content (AvgIpc) is 3.15. The predicted molar refractivity (Wildman–Crippen MR) is 152 cm³/mol. The van der Waals surface area contributed by atoms with E-state index in [1.54, 1.807) is 17.6 Å². The fourth-order valence-corrected chi connectivity index (χ4v) is 6.01. The molecule has 11 heteroatoms. The van der Waals surface area contributed by atoms with Gasteiger partial charge in [-0.15, -0.1) is 0 Å². The van der Waals surface area contributed by atoms with Crippen molar-refractivity contribution in [3.63, 3.8) is 0 Å². The molecule has 0 radical (unpaired) electrons. The molecule has 198 valence electrons. The number of nitrogens with zero attached hydrogens (tertiary/aromatic N) is 5. The standard InChI is InChI=1S/C27H29N5O4S2/c1-3-9-31-24(30-12-10-29(11-13-30)16-19-7-5-4-6-8-19)20(18(2)21(15-28)25(31)35)14-22-26(36)32(17-23(33)34)27(37)38-22/h4-8,14H,3,9-13,16-17H2,1-2H3,(H,33,34)/b22-14+. The molecule has 2 aromatic rings. The van der Waals surface area contributed by atoms with Gasteiger partial charge in [0.15, 0.2) is 0 Å². The number of carbonyl (C=O) groups excluding carboxylic acids is 1. The number of carbonyl (C=O) groups is 2. The maximum Gasteiger partial charge on any atom is 0.323 e. The number of amides is 1. The highest BCUT2D eigenvalue weighted by Gasteiger charge is 2.34. The smallest absolute Gasteiger partial charge is 0.323 e. The Labute approximate surface area is 230 Å². The Balaban J connectivity index is 1.74. The van der Waals surface area contributed by atoms with E-state index in [9.17, 15) is 24.8 Å². The van der Waals surface area contributed by atoms with Crippen LogP contribution in [-0.2, 0) is 22.7 Å². The van der Waals surface area contributed by atoms with Gasteiger partial charge < -0.3 is 10.0 Å². The second-order valence-electron chi connectivity index (χ2n) is 9.22. The summed E-state index contributed by atoms with van der Waals surface area (Å²) in [5, 5.41) is 19.0. The van der Waals surface area contributed by atoms with Crippen molar-refractivity contribution in [2.24, 2.45) is 0 Å². The van der Waals surface area contributed by atoms with Gasteiger partial charge in [0.25, 0.3) is 11.5 Å². The number of piperazine rings is 1. The van der Waals surface area contributed by atoms with E-state index in [1.165, 1.54) is 5.56 Å². The van der Waals surface area contributed by atoms with E-state index in [0.29, 0.717) is 43.0 Å². The van der Waals surface area contributed by atoms with Crippen LogP contribution in [0.1, 0.15) is 35.6 Å². The minimum absolute atomic E-state index is 0.0391. The molecule has 0 spiro atoms. The molecule has 3 heterocycles. The van der Waals surface area contributed by atoms with Gasteiger partial charge in [0.2, 0.25) is 0 Å². The van der Waals surface area contributed by atoms with Crippen LogP contribution in [0.15, 0.2) is 40.0 Å². The number of carboxylic acid groups (broad SMARTS) is 1. The molecular weight excluding hydrogens is 522 g/mol. The lowest BCUT2D eigenvalue weighted by atomic mass is 10.0. The molecular formula is C27H29N5O4S2. The lowest BCUT2D eigenvalue weighted by Crippen LogP contribution is -2.48. The Morgan fingerprint density at radius 3 is 2.47 bits per heavy atom. The molecule has 1 aromatic heterocycles. The minimum atomic E-state index is -1.16. The molecule has 2 aliphatic rings. The number of pyridine rings is 1. The molecule has 0 atom stereocenters. The quantitative estimate of drug-likeness (QED) is 0.391. The molecule has 2 fully saturated rings. The van der Waals surface area contributed by atoms with Gasteiger partial charge in [-0.1, -0.05) is 61.2 Å². The van der Waals surface area contributed by atoms with E-state index in [0.717, 1.165) is 36.3 Å². The molecule has 9 nitrogen and oxygen atoms in total. The highest BCUT2D eigenvalue weighted by atomic mass is 32.2. The summed E-state index contributed by atoms with van der Waals surface area (Å²) in [6.07, 6.45) is 2.35. The number of thioether (sulfide) groups is 1. The molecule has 1 N–H and O–H groups in total. The average molecular weight is 552 g/mol. The molecule has 0 saturated carbocycles. The van der Waals surface area contributed by atoms with E-state index in [4.69, 9.17) is 12.2 Å². The SMILES string of the molecule is CCCn1c(N2CCN(Cc3ccccc3)CC2)c(/C=C2/SC(=S)N(CC(=O)O)C2=O)c(C)c(C#N)c1=O. The van der Waals surface area contributed by atoms with Crippen LogP contribution >= 0.6 is 24.0 Å². The van der Waals surface area contributed by atoms with Crippen LogP contribution in [0.3, 0.4) is 0 Å². The molecule has 2 saturated heterocycles. The lowest BCUT2D eigenvalue weighted by Gasteiger charge is -2.38. The number of anilines is 1. The molecule has 4 rings (SSSR count). The highest BCUT2D eigenvalue weighted by Crippen LogP contribution is 2.36. The summed E-state index contributed by atoms with van der Waals surface area (Å²) >= 11 is 6.29. The fourth-order valence-electron chi connectivity index (χ4n) is 4.78. The van der Waals surface area contributed by atoms with Crippen molar-refractivity contribution in [1.29, 1.82) is 5.26 Å². The Hall–Kier alpha value is -3.46. The Kier molecular flexibility index (Phi) is 8.66. The summed E-state index contributed by atoms with van der Waals surface area (Å²) < 4.78 is 1.81. The van der Waals surface area contributed by atoms with E-state index >= 15 is 0 Å². The first-order valence-corrected chi connectivity index (χ1v) is 13.6. The molecule has 0 aliphatic carbocycles. The molecule has 2 aliphatic heterocycles. The first-order valence-electron chi connectivity index (χ1n) is 12.4. The third-order valence-electron chi connectivity index (χ3n) is 6.66. The van der Waals surface area contributed by atoms with Crippen molar-refractivity contribution in [3.05, 3.63) is 67.8 Å². The number of hydrogen-bond acceptors (Lipinski definition) is 8. The van der Waals surface area contributed by atoms with Crippen LogP contribution in [0.5, 0.6) is 0 Å². The number of hydrogen-bond donors (Lipinski definition) is 1. The van der Waals surface area contributed by atoms with Crippen molar-refractivity contribution in [1.82, 2.24) is 14.4 Å². The summed E-state index contributed by atoms with van der Waals surface area (Å²) in [5.74, 6) is -0.973. The summed E-state index contributed by atoms with van der Waals surface area (Å²) in [6, 6.07) is 12.3. The van der Waals surface area contributed by atoms with Crippen molar-refractivity contribution in [2.45, 2.75) is 33.4 Å². The van der Waals surface area contributed by atoms with E-state index in [2.05, 4.69) is 28.0 Å². The molecule has 0 unspecified atom stereocenters. The monoisotopic (exact) mass is 551 g/mol. The van der Waals surface area contributed by atoms with Gasteiger partial charge in [0, 0.05) is 44.8 Å². The van der Waals surface area contributed by atoms with E-state index in [-0.39, 0.29) is 20.3 Å². The summed E-state index contributed by atoms with van der Waals surface area (Å²) in [6.45, 7) is 7.34. The largest absolute Gasteiger partial charge is 0.480 e. The predicted octanol–water partition coefficient (Wildman–Crippen LogP) is 3.05. The van der Waals surface area contributed by atoms with Crippen LogP contribution in [0.4, 0.5) is 5.82 Å². The number of aliphatic carboxylic acids is 1. The maximum atomic E-state index is 13.4. The highest BCUT2D eigenvalue weighted by molar-refractivity contribution is 8.26. The zero-order valence-electron chi connectivity index (χ0n) is 21.3. The third-order valence-corrected chi connectivity index (χ3v) is 8.03. The van der Waals surface area contributed by atoms with Crippen molar-refractivity contribution in [2.75, 3.05) is 37.6 Å². The first-order chi connectivity index (χ1) is 18.2. The molecule has 0 bridgehead atoms. The van der Waals surface area contributed by atoms with Gasteiger partial charge >= 0.3 is 5.97 Å².